The molecule has 144 valence electrons. The Morgan fingerprint density at radius 3 is 2.39 bits per heavy atom. The maximum atomic E-state index is 13.2. The van der Waals surface area contributed by atoms with Crippen molar-refractivity contribution < 1.29 is 4.79 Å². The quantitative estimate of drug-likeness (QED) is 0.642. The van der Waals surface area contributed by atoms with Gasteiger partial charge in [0.05, 0.1) is 0 Å². The van der Waals surface area contributed by atoms with Crippen molar-refractivity contribution in [1.82, 2.24) is 9.97 Å². The molecule has 0 spiro atoms. The van der Waals surface area contributed by atoms with Gasteiger partial charge in [0.15, 0.2) is 0 Å². The van der Waals surface area contributed by atoms with Gasteiger partial charge in [-0.05, 0) is 44.0 Å². The predicted molar refractivity (Wildman–Crippen MR) is 114 cm³/mol. The summed E-state index contributed by atoms with van der Waals surface area (Å²) in [7, 11) is 1.97. The summed E-state index contributed by atoms with van der Waals surface area (Å²) < 4.78 is 0. The van der Waals surface area contributed by atoms with Crippen LogP contribution in [-0.2, 0) is 6.54 Å². The molecule has 28 heavy (non-hydrogen) atoms. The molecule has 3 aromatic rings. The molecule has 0 fully saturated rings. The Morgan fingerprint density at radius 2 is 1.71 bits per heavy atom. The number of aromatic nitrogens is 2. The second kappa shape index (κ2) is 8.65. The minimum Gasteiger partial charge on any atom is -0.355 e. The van der Waals surface area contributed by atoms with Gasteiger partial charge in [0, 0.05) is 31.9 Å². The first-order chi connectivity index (χ1) is 13.5. The van der Waals surface area contributed by atoms with Crippen LogP contribution in [0, 0.1) is 13.8 Å². The first kappa shape index (κ1) is 19.5. The normalized spacial score (nSPS) is 10.6. The minimum absolute atomic E-state index is 0.118. The molecule has 5 heteroatoms. The van der Waals surface area contributed by atoms with Gasteiger partial charge in [-0.25, -0.2) is 9.97 Å². The number of amides is 1. The predicted octanol–water partition coefficient (Wildman–Crippen LogP) is 4.40. The van der Waals surface area contributed by atoms with E-state index < -0.39 is 0 Å². The SMILES string of the molecule is CCN(C(=O)c1cc(N(C)Cc2ccccc2)nc(C)n1)c1cccc(C)c1. The number of rotatable bonds is 6. The minimum atomic E-state index is -0.118. The van der Waals surface area contributed by atoms with Crippen LogP contribution in [0.25, 0.3) is 0 Å². The molecule has 2 aromatic carbocycles. The molecular weight excluding hydrogens is 348 g/mol. The van der Waals surface area contributed by atoms with Crippen molar-refractivity contribution in [2.24, 2.45) is 0 Å². The van der Waals surface area contributed by atoms with Crippen LogP contribution in [0.5, 0.6) is 0 Å². The van der Waals surface area contributed by atoms with Crippen LogP contribution in [0.3, 0.4) is 0 Å². The van der Waals surface area contributed by atoms with Gasteiger partial charge >= 0.3 is 0 Å². The van der Waals surface area contributed by atoms with Crippen LogP contribution in [0.4, 0.5) is 11.5 Å². The third-order valence-corrected chi connectivity index (χ3v) is 4.57. The second-order valence-electron chi connectivity index (χ2n) is 6.89. The van der Waals surface area contributed by atoms with E-state index >= 15 is 0 Å². The Kier molecular flexibility index (Phi) is 6.04. The molecule has 0 N–H and O–H groups in total. The fourth-order valence-corrected chi connectivity index (χ4v) is 3.17. The maximum absolute atomic E-state index is 13.2. The Labute approximate surface area is 166 Å². The average molecular weight is 374 g/mol. The standard InChI is InChI=1S/C23H26N4O/c1-5-27(20-13-9-10-17(2)14-20)23(28)21-15-22(25-18(3)24-21)26(4)16-19-11-7-6-8-12-19/h6-15H,5,16H2,1-4H3. The van der Waals surface area contributed by atoms with E-state index in [2.05, 4.69) is 22.1 Å². The Morgan fingerprint density at radius 1 is 0.964 bits per heavy atom. The lowest BCUT2D eigenvalue weighted by Crippen LogP contribution is -2.32. The van der Waals surface area contributed by atoms with E-state index in [9.17, 15) is 4.79 Å². The molecule has 0 saturated heterocycles. The van der Waals surface area contributed by atoms with Crippen molar-refractivity contribution in [3.63, 3.8) is 0 Å². The summed E-state index contributed by atoms with van der Waals surface area (Å²) in [5.74, 6) is 1.20. The zero-order valence-electron chi connectivity index (χ0n) is 16.9. The molecule has 0 bridgehead atoms. The zero-order chi connectivity index (χ0) is 20.1. The summed E-state index contributed by atoms with van der Waals surface area (Å²) in [4.78, 5) is 25.9. The van der Waals surface area contributed by atoms with Crippen LogP contribution in [0.2, 0.25) is 0 Å². The number of hydrogen-bond donors (Lipinski definition) is 0. The number of carbonyl (C=O) groups is 1. The van der Waals surface area contributed by atoms with Crippen LogP contribution in [0.1, 0.15) is 34.4 Å². The Balaban J connectivity index is 1.88. The van der Waals surface area contributed by atoms with Gasteiger partial charge in [-0.15, -0.1) is 0 Å². The van der Waals surface area contributed by atoms with Crippen molar-refractivity contribution in [2.75, 3.05) is 23.4 Å². The largest absolute Gasteiger partial charge is 0.355 e. The fraction of sp³-hybridized carbons (Fsp3) is 0.261. The van der Waals surface area contributed by atoms with E-state index in [1.807, 2.05) is 75.2 Å². The highest BCUT2D eigenvalue weighted by atomic mass is 16.2. The van der Waals surface area contributed by atoms with Gasteiger partial charge in [-0.1, -0.05) is 42.5 Å². The monoisotopic (exact) mass is 374 g/mol. The van der Waals surface area contributed by atoms with Crippen LogP contribution >= 0.6 is 0 Å². The van der Waals surface area contributed by atoms with Crippen molar-refractivity contribution in [3.8, 4) is 0 Å². The third-order valence-electron chi connectivity index (χ3n) is 4.57. The van der Waals surface area contributed by atoms with Gasteiger partial charge in [0.2, 0.25) is 0 Å². The molecule has 0 aliphatic heterocycles. The lowest BCUT2D eigenvalue weighted by Gasteiger charge is -2.23. The maximum Gasteiger partial charge on any atom is 0.277 e. The van der Waals surface area contributed by atoms with Gasteiger partial charge in [0.1, 0.15) is 17.3 Å². The van der Waals surface area contributed by atoms with Gasteiger partial charge < -0.3 is 9.80 Å². The lowest BCUT2D eigenvalue weighted by molar-refractivity contribution is 0.0983. The topological polar surface area (TPSA) is 49.3 Å². The van der Waals surface area contributed by atoms with E-state index in [-0.39, 0.29) is 5.91 Å². The summed E-state index contributed by atoms with van der Waals surface area (Å²) in [6, 6.07) is 19.9. The summed E-state index contributed by atoms with van der Waals surface area (Å²) in [6.45, 7) is 7.09. The summed E-state index contributed by atoms with van der Waals surface area (Å²) >= 11 is 0. The van der Waals surface area contributed by atoms with Crippen molar-refractivity contribution >= 4 is 17.4 Å². The van der Waals surface area contributed by atoms with E-state index in [1.54, 1.807) is 11.0 Å². The highest BCUT2D eigenvalue weighted by Gasteiger charge is 2.20. The van der Waals surface area contributed by atoms with E-state index in [4.69, 9.17) is 0 Å². The molecular formula is C23H26N4O. The number of carbonyl (C=O) groups excluding carboxylic acids is 1. The summed E-state index contributed by atoms with van der Waals surface area (Å²) in [6.07, 6.45) is 0. The number of nitrogens with zero attached hydrogens (tertiary/aromatic N) is 4. The molecule has 0 saturated carbocycles. The third kappa shape index (κ3) is 4.55. The second-order valence-corrected chi connectivity index (χ2v) is 6.89. The highest BCUT2D eigenvalue weighted by molar-refractivity contribution is 6.05. The Hall–Kier alpha value is -3.21. The number of anilines is 2. The molecule has 0 aliphatic rings. The fourth-order valence-electron chi connectivity index (χ4n) is 3.17. The van der Waals surface area contributed by atoms with Crippen LogP contribution < -0.4 is 9.80 Å². The Bertz CT molecular complexity index is 956. The van der Waals surface area contributed by atoms with Crippen molar-refractivity contribution in [3.05, 3.63) is 83.3 Å². The molecule has 0 atom stereocenters. The molecule has 0 aliphatic carbocycles. The smallest absolute Gasteiger partial charge is 0.277 e. The van der Waals surface area contributed by atoms with Gasteiger partial charge in [0.25, 0.3) is 5.91 Å². The molecule has 0 unspecified atom stereocenters. The lowest BCUT2D eigenvalue weighted by atomic mass is 10.2. The van der Waals surface area contributed by atoms with E-state index in [1.165, 1.54) is 5.56 Å². The zero-order valence-corrected chi connectivity index (χ0v) is 16.9. The molecule has 3 rings (SSSR count). The average Bonchev–Trinajstić information content (AvgIpc) is 2.69. The summed E-state index contributed by atoms with van der Waals surface area (Å²) in [5.41, 5.74) is 3.59. The molecule has 1 heterocycles. The number of benzene rings is 2. The van der Waals surface area contributed by atoms with Crippen molar-refractivity contribution in [1.29, 1.82) is 0 Å². The molecule has 5 nitrogen and oxygen atoms in total. The van der Waals surface area contributed by atoms with Crippen molar-refractivity contribution in [2.45, 2.75) is 27.3 Å². The van der Waals surface area contributed by atoms with Gasteiger partial charge in [-0.3, -0.25) is 4.79 Å². The summed E-state index contributed by atoms with van der Waals surface area (Å²) in [5, 5.41) is 0. The van der Waals surface area contributed by atoms with Crippen LogP contribution in [0.15, 0.2) is 60.7 Å². The molecule has 1 aromatic heterocycles. The number of aryl methyl sites for hydroxylation is 2. The van der Waals surface area contributed by atoms with Crippen LogP contribution in [-0.4, -0.2) is 29.5 Å². The van der Waals surface area contributed by atoms with E-state index in [0.717, 1.165) is 17.1 Å². The molecule has 1 amide bonds. The first-order valence-electron chi connectivity index (χ1n) is 9.47. The first-order valence-corrected chi connectivity index (χ1v) is 9.47. The highest BCUT2D eigenvalue weighted by Crippen LogP contribution is 2.20. The van der Waals surface area contributed by atoms with Gasteiger partial charge in [-0.2, -0.15) is 0 Å². The van der Waals surface area contributed by atoms with E-state index in [0.29, 0.717) is 24.6 Å². The molecule has 0 radical (unpaired) electrons. The number of hydrogen-bond acceptors (Lipinski definition) is 4.